The summed E-state index contributed by atoms with van der Waals surface area (Å²) >= 11 is 5.88. The van der Waals surface area contributed by atoms with Crippen LogP contribution >= 0.6 is 11.6 Å². The number of pyridine rings is 1. The summed E-state index contributed by atoms with van der Waals surface area (Å²) in [6.07, 6.45) is 6.00. The molecule has 0 aliphatic rings. The van der Waals surface area contributed by atoms with Crippen molar-refractivity contribution >= 4 is 23.4 Å². The lowest BCUT2D eigenvalue weighted by atomic mass is 10.1. The van der Waals surface area contributed by atoms with E-state index in [1.807, 2.05) is 36.4 Å². The maximum Gasteiger partial charge on any atom is 0.244 e. The number of nitrogens with zero attached hydrogens (tertiary/aromatic N) is 4. The third-order valence-corrected chi connectivity index (χ3v) is 3.64. The molecule has 0 bridgehead atoms. The molecule has 7 heteroatoms. The van der Waals surface area contributed by atoms with Gasteiger partial charge in [-0.05, 0) is 41.8 Å². The van der Waals surface area contributed by atoms with Crippen LogP contribution in [0.25, 0.3) is 0 Å². The smallest absolute Gasteiger partial charge is 0.244 e. The minimum Gasteiger partial charge on any atom is -0.368 e. The molecule has 3 rings (SSSR count). The second-order valence-corrected chi connectivity index (χ2v) is 5.61. The van der Waals surface area contributed by atoms with Gasteiger partial charge in [-0.15, -0.1) is 5.10 Å². The number of halogens is 1. The highest BCUT2D eigenvalue weighted by Gasteiger charge is 2.01. The molecule has 3 aromatic rings. The highest BCUT2D eigenvalue weighted by Crippen LogP contribution is 2.10. The lowest BCUT2D eigenvalue weighted by Crippen LogP contribution is -2.10. The van der Waals surface area contributed by atoms with Crippen LogP contribution in [0.5, 0.6) is 0 Å². The molecule has 0 atom stereocenters. The van der Waals surface area contributed by atoms with Crippen molar-refractivity contribution in [1.82, 2.24) is 20.2 Å². The van der Waals surface area contributed by atoms with E-state index in [-0.39, 0.29) is 0 Å². The average Bonchev–Trinajstić information content (AvgIpc) is 2.63. The van der Waals surface area contributed by atoms with Gasteiger partial charge in [0.25, 0.3) is 0 Å². The van der Waals surface area contributed by atoms with Gasteiger partial charge in [-0.25, -0.2) is 0 Å². The fraction of sp³-hybridized carbons (Fsp3) is 0.176. The lowest BCUT2D eigenvalue weighted by molar-refractivity contribution is 0.928. The number of rotatable bonds is 7. The van der Waals surface area contributed by atoms with Crippen molar-refractivity contribution in [3.8, 4) is 0 Å². The van der Waals surface area contributed by atoms with Gasteiger partial charge >= 0.3 is 0 Å². The van der Waals surface area contributed by atoms with Crippen molar-refractivity contribution in [2.24, 2.45) is 0 Å². The number of nitrogens with one attached hydrogen (secondary N) is 2. The van der Waals surface area contributed by atoms with Gasteiger partial charge in [0.1, 0.15) is 0 Å². The Balaban J connectivity index is 1.50. The highest BCUT2D eigenvalue weighted by atomic mass is 35.5. The Hall–Kier alpha value is -2.73. The molecule has 122 valence electrons. The Bertz CT molecular complexity index is 764. The first-order valence-electron chi connectivity index (χ1n) is 7.60. The quantitative estimate of drug-likeness (QED) is 0.688. The molecule has 0 spiro atoms. The summed E-state index contributed by atoms with van der Waals surface area (Å²) in [5.41, 5.74) is 2.32. The number of aromatic nitrogens is 4. The molecule has 0 aliphatic carbocycles. The molecule has 2 N–H and O–H groups in total. The van der Waals surface area contributed by atoms with Gasteiger partial charge in [-0.1, -0.05) is 23.7 Å². The van der Waals surface area contributed by atoms with E-state index < -0.39 is 0 Å². The third kappa shape index (κ3) is 4.89. The van der Waals surface area contributed by atoms with Gasteiger partial charge in [-0.3, -0.25) is 4.98 Å². The zero-order valence-corrected chi connectivity index (χ0v) is 13.7. The van der Waals surface area contributed by atoms with E-state index >= 15 is 0 Å². The summed E-state index contributed by atoms with van der Waals surface area (Å²) in [6, 6.07) is 11.7. The first kappa shape index (κ1) is 16.1. The summed E-state index contributed by atoms with van der Waals surface area (Å²) < 4.78 is 0. The Morgan fingerprint density at radius 2 is 1.71 bits per heavy atom. The van der Waals surface area contributed by atoms with Crippen molar-refractivity contribution in [2.75, 3.05) is 17.2 Å². The zero-order chi connectivity index (χ0) is 16.6. The van der Waals surface area contributed by atoms with Gasteiger partial charge in [0, 0.05) is 30.5 Å². The molecule has 1 aromatic carbocycles. The van der Waals surface area contributed by atoms with Crippen LogP contribution in [0.1, 0.15) is 11.1 Å². The molecular formula is C17H17ClN6. The largest absolute Gasteiger partial charge is 0.368 e. The van der Waals surface area contributed by atoms with Crippen LogP contribution in [-0.4, -0.2) is 26.7 Å². The Morgan fingerprint density at radius 3 is 2.50 bits per heavy atom. The van der Waals surface area contributed by atoms with Crippen LogP contribution in [0.3, 0.4) is 0 Å². The van der Waals surface area contributed by atoms with Crippen molar-refractivity contribution < 1.29 is 0 Å². The van der Waals surface area contributed by atoms with E-state index in [9.17, 15) is 0 Å². The van der Waals surface area contributed by atoms with Crippen LogP contribution < -0.4 is 10.6 Å². The normalized spacial score (nSPS) is 10.4. The van der Waals surface area contributed by atoms with Crippen molar-refractivity contribution in [2.45, 2.75) is 13.0 Å². The molecule has 0 unspecified atom stereocenters. The first-order chi connectivity index (χ1) is 11.8. The van der Waals surface area contributed by atoms with E-state index in [4.69, 9.17) is 11.6 Å². The summed E-state index contributed by atoms with van der Waals surface area (Å²) in [4.78, 5) is 8.39. The standard InChI is InChI=1S/C17H17ClN6/c18-15-3-1-13(2-4-15)7-10-20-16-12-22-24-17(23-16)21-11-14-5-8-19-9-6-14/h1-6,8-9,12H,7,10-11H2,(H2,20,21,23,24). The van der Waals surface area contributed by atoms with Gasteiger partial charge < -0.3 is 10.6 Å². The molecule has 6 nitrogen and oxygen atoms in total. The predicted molar refractivity (Wildman–Crippen MR) is 95.0 cm³/mol. The molecule has 2 heterocycles. The molecule has 0 fully saturated rings. The van der Waals surface area contributed by atoms with Crippen molar-refractivity contribution in [1.29, 1.82) is 0 Å². The lowest BCUT2D eigenvalue weighted by Gasteiger charge is -2.08. The summed E-state index contributed by atoms with van der Waals surface area (Å²) in [5.74, 6) is 1.18. The minimum absolute atomic E-state index is 0.489. The van der Waals surface area contributed by atoms with E-state index in [0.29, 0.717) is 18.3 Å². The first-order valence-corrected chi connectivity index (χ1v) is 7.98. The second-order valence-electron chi connectivity index (χ2n) is 5.18. The van der Waals surface area contributed by atoms with E-state index in [1.165, 1.54) is 5.56 Å². The molecule has 24 heavy (non-hydrogen) atoms. The summed E-state index contributed by atoms with van der Waals surface area (Å²) in [7, 11) is 0. The van der Waals surface area contributed by atoms with Gasteiger partial charge in [0.15, 0.2) is 5.82 Å². The fourth-order valence-corrected chi connectivity index (χ4v) is 2.26. The number of hydrogen-bond acceptors (Lipinski definition) is 6. The minimum atomic E-state index is 0.489. The molecule has 0 radical (unpaired) electrons. The average molecular weight is 341 g/mol. The molecule has 0 saturated carbocycles. The highest BCUT2D eigenvalue weighted by molar-refractivity contribution is 6.30. The number of anilines is 2. The van der Waals surface area contributed by atoms with Crippen LogP contribution in [0, 0.1) is 0 Å². The van der Waals surface area contributed by atoms with E-state index in [0.717, 1.165) is 23.6 Å². The molecule has 0 saturated heterocycles. The summed E-state index contributed by atoms with van der Waals surface area (Å²) in [5, 5.41) is 15.1. The topological polar surface area (TPSA) is 75.6 Å². The number of hydrogen-bond donors (Lipinski definition) is 2. The van der Waals surface area contributed by atoms with Crippen molar-refractivity contribution in [3.63, 3.8) is 0 Å². The van der Waals surface area contributed by atoms with Gasteiger partial charge in [0.2, 0.25) is 5.95 Å². The van der Waals surface area contributed by atoms with E-state index in [1.54, 1.807) is 18.6 Å². The molecular weight excluding hydrogens is 324 g/mol. The molecule has 0 aliphatic heterocycles. The second kappa shape index (κ2) is 8.21. The molecule has 2 aromatic heterocycles. The summed E-state index contributed by atoms with van der Waals surface area (Å²) in [6.45, 7) is 1.38. The Kier molecular flexibility index (Phi) is 5.52. The maximum absolute atomic E-state index is 5.88. The predicted octanol–water partition coefficient (Wildman–Crippen LogP) is 3.19. The number of benzene rings is 1. The Morgan fingerprint density at radius 1 is 0.917 bits per heavy atom. The van der Waals surface area contributed by atoms with E-state index in [2.05, 4.69) is 30.8 Å². The fourth-order valence-electron chi connectivity index (χ4n) is 2.13. The van der Waals surface area contributed by atoms with Crippen LogP contribution in [0.4, 0.5) is 11.8 Å². The van der Waals surface area contributed by atoms with Crippen LogP contribution in [-0.2, 0) is 13.0 Å². The molecule has 0 amide bonds. The monoisotopic (exact) mass is 340 g/mol. The van der Waals surface area contributed by atoms with Crippen LogP contribution in [0.15, 0.2) is 55.0 Å². The zero-order valence-electron chi connectivity index (χ0n) is 13.0. The third-order valence-electron chi connectivity index (χ3n) is 3.39. The maximum atomic E-state index is 5.88. The SMILES string of the molecule is Clc1ccc(CCNc2cnnc(NCc3ccncc3)n2)cc1. The van der Waals surface area contributed by atoms with Gasteiger partial charge in [0.05, 0.1) is 6.20 Å². The van der Waals surface area contributed by atoms with Crippen LogP contribution in [0.2, 0.25) is 5.02 Å². The van der Waals surface area contributed by atoms with Crippen molar-refractivity contribution in [3.05, 3.63) is 71.1 Å². The van der Waals surface area contributed by atoms with Gasteiger partial charge in [-0.2, -0.15) is 10.1 Å². The Labute approximate surface area is 145 Å².